The highest BCUT2D eigenvalue weighted by Crippen LogP contribution is 2.20. The second kappa shape index (κ2) is 6.78. The smallest absolute Gasteiger partial charge is 0.261 e. The van der Waals surface area contributed by atoms with Crippen LogP contribution in [0.1, 0.15) is 16.1 Å². The summed E-state index contributed by atoms with van der Waals surface area (Å²) in [5.41, 5.74) is 1.10. The Bertz CT molecular complexity index is 997. The van der Waals surface area contributed by atoms with Crippen molar-refractivity contribution >= 4 is 27.3 Å². The molecule has 2 N–H and O–H groups in total. The highest BCUT2D eigenvalue weighted by atomic mass is 32.2. The molecule has 0 unspecified atom stereocenters. The maximum atomic E-state index is 12.3. The van der Waals surface area contributed by atoms with Gasteiger partial charge in [0.05, 0.1) is 16.8 Å². The zero-order valence-corrected chi connectivity index (χ0v) is 14.1. The van der Waals surface area contributed by atoms with Gasteiger partial charge in [-0.3, -0.25) is 9.52 Å². The van der Waals surface area contributed by atoms with Gasteiger partial charge in [-0.25, -0.2) is 8.42 Å². The standard InChI is InChI=1S/C17H15N3O4S/c1-12-16(11-18-24-12)17(21)19-13-6-5-7-14(10-13)20-25(22,23)15-8-3-2-4-9-15/h2-11,20H,1H3,(H,19,21). The van der Waals surface area contributed by atoms with Gasteiger partial charge in [-0.2, -0.15) is 0 Å². The van der Waals surface area contributed by atoms with E-state index in [2.05, 4.69) is 15.2 Å². The van der Waals surface area contributed by atoms with E-state index in [-0.39, 0.29) is 10.8 Å². The maximum Gasteiger partial charge on any atom is 0.261 e. The number of anilines is 2. The quantitative estimate of drug-likeness (QED) is 0.731. The monoisotopic (exact) mass is 357 g/mol. The molecule has 2 aromatic carbocycles. The Morgan fingerprint density at radius 3 is 2.44 bits per heavy atom. The fourth-order valence-electron chi connectivity index (χ4n) is 2.19. The average Bonchev–Trinajstić information content (AvgIpc) is 3.02. The zero-order chi connectivity index (χ0) is 17.9. The molecule has 128 valence electrons. The summed E-state index contributed by atoms with van der Waals surface area (Å²) < 4.78 is 32.0. The van der Waals surface area contributed by atoms with Crippen molar-refractivity contribution in [3.05, 3.63) is 72.1 Å². The number of amides is 1. The molecule has 1 amide bonds. The van der Waals surface area contributed by atoms with E-state index in [1.54, 1.807) is 43.3 Å². The van der Waals surface area contributed by atoms with Crippen LogP contribution in [0.15, 0.2) is 70.2 Å². The number of aromatic nitrogens is 1. The van der Waals surface area contributed by atoms with Gasteiger partial charge in [0.2, 0.25) is 0 Å². The number of sulfonamides is 1. The minimum absolute atomic E-state index is 0.157. The van der Waals surface area contributed by atoms with Gasteiger partial charge in [-0.05, 0) is 37.3 Å². The van der Waals surface area contributed by atoms with E-state index in [0.717, 1.165) is 0 Å². The molecular formula is C17H15N3O4S. The van der Waals surface area contributed by atoms with Gasteiger partial charge in [0.25, 0.3) is 15.9 Å². The third kappa shape index (κ3) is 3.86. The molecule has 0 bridgehead atoms. The van der Waals surface area contributed by atoms with Gasteiger partial charge in [-0.1, -0.05) is 29.4 Å². The molecule has 8 heteroatoms. The van der Waals surface area contributed by atoms with Crippen molar-refractivity contribution in [3.8, 4) is 0 Å². The number of hydrogen-bond acceptors (Lipinski definition) is 5. The average molecular weight is 357 g/mol. The van der Waals surface area contributed by atoms with Crippen molar-refractivity contribution in [1.29, 1.82) is 0 Å². The lowest BCUT2D eigenvalue weighted by molar-refractivity contribution is 0.102. The molecule has 3 rings (SSSR count). The number of carbonyl (C=O) groups is 1. The maximum absolute atomic E-state index is 12.3. The Kier molecular flexibility index (Phi) is 4.53. The molecular weight excluding hydrogens is 342 g/mol. The first-order valence-electron chi connectivity index (χ1n) is 7.36. The molecule has 0 aliphatic carbocycles. The Hall–Kier alpha value is -3.13. The molecule has 3 aromatic rings. The largest absolute Gasteiger partial charge is 0.361 e. The van der Waals surface area contributed by atoms with Crippen LogP contribution in [0.5, 0.6) is 0 Å². The summed E-state index contributed by atoms with van der Waals surface area (Å²) in [5.74, 6) is 0.0141. The minimum atomic E-state index is -3.70. The number of aryl methyl sites for hydroxylation is 1. The van der Waals surface area contributed by atoms with Crippen molar-refractivity contribution < 1.29 is 17.7 Å². The van der Waals surface area contributed by atoms with Crippen LogP contribution in [-0.2, 0) is 10.0 Å². The van der Waals surface area contributed by atoms with Gasteiger partial charge in [0.15, 0.2) is 0 Å². The van der Waals surface area contributed by atoms with E-state index in [4.69, 9.17) is 4.52 Å². The molecule has 0 aliphatic heterocycles. The van der Waals surface area contributed by atoms with Crippen molar-refractivity contribution in [2.75, 3.05) is 10.0 Å². The van der Waals surface area contributed by atoms with Crippen molar-refractivity contribution in [2.24, 2.45) is 0 Å². The molecule has 0 fully saturated rings. The lowest BCUT2D eigenvalue weighted by Crippen LogP contribution is -2.14. The van der Waals surface area contributed by atoms with E-state index in [9.17, 15) is 13.2 Å². The molecule has 1 heterocycles. The van der Waals surface area contributed by atoms with Crippen LogP contribution in [0, 0.1) is 6.92 Å². The fourth-order valence-corrected chi connectivity index (χ4v) is 3.26. The highest BCUT2D eigenvalue weighted by Gasteiger charge is 2.15. The molecule has 7 nitrogen and oxygen atoms in total. The summed E-state index contributed by atoms with van der Waals surface area (Å²) in [5, 5.41) is 6.23. The second-order valence-corrected chi connectivity index (χ2v) is 6.93. The Morgan fingerprint density at radius 1 is 1.04 bits per heavy atom. The summed E-state index contributed by atoms with van der Waals surface area (Å²) in [6.07, 6.45) is 1.33. The third-order valence-corrected chi connectivity index (χ3v) is 4.82. The molecule has 0 saturated heterocycles. The van der Waals surface area contributed by atoms with Crippen molar-refractivity contribution in [1.82, 2.24) is 5.16 Å². The van der Waals surface area contributed by atoms with Crippen LogP contribution in [0.2, 0.25) is 0 Å². The topological polar surface area (TPSA) is 101 Å². The van der Waals surface area contributed by atoms with E-state index < -0.39 is 10.0 Å². The number of benzene rings is 2. The lowest BCUT2D eigenvalue weighted by atomic mass is 10.2. The van der Waals surface area contributed by atoms with Crippen LogP contribution < -0.4 is 10.0 Å². The van der Waals surface area contributed by atoms with Gasteiger partial charge in [-0.15, -0.1) is 0 Å². The van der Waals surface area contributed by atoms with Crippen LogP contribution in [0.4, 0.5) is 11.4 Å². The van der Waals surface area contributed by atoms with Crippen molar-refractivity contribution in [3.63, 3.8) is 0 Å². The third-order valence-electron chi connectivity index (χ3n) is 3.42. The number of nitrogens with zero attached hydrogens (tertiary/aromatic N) is 1. The second-order valence-electron chi connectivity index (χ2n) is 5.25. The SMILES string of the molecule is Cc1oncc1C(=O)Nc1cccc(NS(=O)(=O)c2ccccc2)c1. The van der Waals surface area contributed by atoms with Gasteiger partial charge in [0.1, 0.15) is 11.3 Å². The van der Waals surface area contributed by atoms with Gasteiger partial charge >= 0.3 is 0 Å². The Morgan fingerprint density at radius 2 is 1.76 bits per heavy atom. The van der Waals surface area contributed by atoms with Gasteiger partial charge in [0, 0.05) is 5.69 Å². The molecule has 0 atom stereocenters. The molecule has 1 aromatic heterocycles. The Labute approximate surface area is 144 Å². The number of carbonyl (C=O) groups excluding carboxylic acids is 1. The van der Waals surface area contributed by atoms with Gasteiger partial charge < -0.3 is 9.84 Å². The summed E-state index contributed by atoms with van der Waals surface area (Å²) in [6, 6.07) is 14.5. The highest BCUT2D eigenvalue weighted by molar-refractivity contribution is 7.92. The predicted molar refractivity (Wildman–Crippen MR) is 92.9 cm³/mol. The summed E-state index contributed by atoms with van der Waals surface area (Å²) >= 11 is 0. The normalized spacial score (nSPS) is 11.1. The van der Waals surface area contributed by atoms with Crippen LogP contribution in [0.3, 0.4) is 0 Å². The molecule has 0 radical (unpaired) electrons. The molecule has 0 aliphatic rings. The molecule has 0 saturated carbocycles. The van der Waals surface area contributed by atoms with E-state index in [0.29, 0.717) is 22.7 Å². The minimum Gasteiger partial charge on any atom is -0.361 e. The summed E-state index contributed by atoms with van der Waals surface area (Å²) in [4.78, 5) is 12.3. The van der Waals surface area contributed by atoms with Crippen LogP contribution in [0.25, 0.3) is 0 Å². The Balaban J connectivity index is 1.78. The van der Waals surface area contributed by atoms with E-state index in [1.165, 1.54) is 24.4 Å². The summed E-state index contributed by atoms with van der Waals surface area (Å²) in [6.45, 7) is 1.63. The van der Waals surface area contributed by atoms with Crippen molar-refractivity contribution in [2.45, 2.75) is 11.8 Å². The number of rotatable bonds is 5. The zero-order valence-electron chi connectivity index (χ0n) is 13.3. The first-order valence-corrected chi connectivity index (χ1v) is 8.84. The van der Waals surface area contributed by atoms with E-state index >= 15 is 0 Å². The predicted octanol–water partition coefficient (Wildman–Crippen LogP) is 3.04. The van der Waals surface area contributed by atoms with Crippen LogP contribution >= 0.6 is 0 Å². The van der Waals surface area contributed by atoms with Crippen LogP contribution in [-0.4, -0.2) is 19.5 Å². The van der Waals surface area contributed by atoms with E-state index in [1.807, 2.05) is 0 Å². The number of nitrogens with one attached hydrogen (secondary N) is 2. The molecule has 25 heavy (non-hydrogen) atoms. The fraction of sp³-hybridized carbons (Fsp3) is 0.0588. The number of hydrogen-bond donors (Lipinski definition) is 2. The molecule has 0 spiro atoms. The lowest BCUT2D eigenvalue weighted by Gasteiger charge is -2.10. The first-order chi connectivity index (χ1) is 12.0. The summed E-state index contributed by atoms with van der Waals surface area (Å²) in [7, 11) is -3.70. The first kappa shape index (κ1) is 16.7.